The third-order valence-electron chi connectivity index (χ3n) is 7.09. The molecule has 0 bridgehead atoms. The molecule has 6 rings (SSSR count). The Morgan fingerprint density at radius 2 is 0.788 bits per heavy atom. The fourth-order valence-corrected chi connectivity index (χ4v) is 6.29. The SMILES string of the molecule is Cc1nc(Nc2ccccc2)nc(Nc2ccc(/C=C/c3ccc(Nc4nc(C)nc(Nc5ccccc5)n4)cc3S(=O)(=O)O)c(S(=O)(=O)O)c2)n1. The van der Waals surface area contributed by atoms with Gasteiger partial charge in [0.1, 0.15) is 21.4 Å². The lowest BCUT2D eigenvalue weighted by Gasteiger charge is -2.12. The van der Waals surface area contributed by atoms with Gasteiger partial charge in [-0.2, -0.15) is 46.7 Å². The van der Waals surface area contributed by atoms with Crippen LogP contribution < -0.4 is 21.3 Å². The van der Waals surface area contributed by atoms with Gasteiger partial charge in [-0.15, -0.1) is 0 Å². The molecular formula is C34H30N10O6S2. The van der Waals surface area contributed by atoms with Crippen LogP contribution in [0.25, 0.3) is 12.2 Å². The van der Waals surface area contributed by atoms with Crippen LogP contribution >= 0.6 is 0 Å². The van der Waals surface area contributed by atoms with Crippen molar-refractivity contribution in [3.63, 3.8) is 0 Å². The van der Waals surface area contributed by atoms with Crippen LogP contribution in [0.2, 0.25) is 0 Å². The van der Waals surface area contributed by atoms with Gasteiger partial charge in [0.15, 0.2) is 0 Å². The zero-order chi connectivity index (χ0) is 36.9. The molecule has 0 aliphatic rings. The first-order chi connectivity index (χ1) is 24.8. The van der Waals surface area contributed by atoms with Crippen LogP contribution in [0.15, 0.2) is 107 Å². The van der Waals surface area contributed by atoms with E-state index >= 15 is 0 Å². The fourth-order valence-electron chi connectivity index (χ4n) is 4.87. The van der Waals surface area contributed by atoms with E-state index in [0.29, 0.717) is 11.6 Å². The number of nitrogens with one attached hydrogen (secondary N) is 4. The Morgan fingerprint density at radius 3 is 1.12 bits per heavy atom. The molecule has 0 fully saturated rings. The van der Waals surface area contributed by atoms with Crippen molar-refractivity contribution in [3.8, 4) is 0 Å². The van der Waals surface area contributed by atoms with Crippen molar-refractivity contribution in [3.05, 3.63) is 120 Å². The first-order valence-corrected chi connectivity index (χ1v) is 18.2. The van der Waals surface area contributed by atoms with Crippen molar-refractivity contribution in [2.75, 3.05) is 21.3 Å². The van der Waals surface area contributed by atoms with Gasteiger partial charge in [-0.1, -0.05) is 60.7 Å². The molecule has 16 nitrogen and oxygen atoms in total. The summed E-state index contributed by atoms with van der Waals surface area (Å²) in [6.07, 6.45) is 2.58. The van der Waals surface area contributed by atoms with Gasteiger partial charge in [0.25, 0.3) is 20.2 Å². The number of aromatic nitrogens is 6. The van der Waals surface area contributed by atoms with E-state index in [0.717, 1.165) is 11.4 Å². The molecule has 2 aromatic heterocycles. The lowest BCUT2D eigenvalue weighted by atomic mass is 10.1. The molecule has 18 heteroatoms. The number of hydrogen-bond acceptors (Lipinski definition) is 14. The van der Waals surface area contributed by atoms with Crippen molar-refractivity contribution < 1.29 is 25.9 Å². The Labute approximate surface area is 298 Å². The van der Waals surface area contributed by atoms with Crippen LogP contribution in [0.1, 0.15) is 22.8 Å². The molecule has 0 atom stereocenters. The molecule has 4 aromatic carbocycles. The summed E-state index contributed by atoms with van der Waals surface area (Å²) >= 11 is 0. The maximum atomic E-state index is 12.5. The zero-order valence-electron chi connectivity index (χ0n) is 27.4. The predicted octanol–water partition coefficient (Wildman–Crippen LogP) is 6.31. The van der Waals surface area contributed by atoms with Crippen LogP contribution in [0.5, 0.6) is 0 Å². The third kappa shape index (κ3) is 9.25. The molecule has 0 amide bonds. The van der Waals surface area contributed by atoms with Gasteiger partial charge in [-0.3, -0.25) is 9.11 Å². The normalized spacial score (nSPS) is 11.7. The summed E-state index contributed by atoms with van der Waals surface area (Å²) < 4.78 is 70.0. The highest BCUT2D eigenvalue weighted by molar-refractivity contribution is 7.86. The molecule has 0 spiro atoms. The summed E-state index contributed by atoms with van der Waals surface area (Å²) in [6.45, 7) is 3.33. The molecule has 0 unspecified atom stereocenters. The van der Waals surface area contributed by atoms with Gasteiger partial charge < -0.3 is 21.3 Å². The molecule has 0 aliphatic heterocycles. The highest BCUT2D eigenvalue weighted by atomic mass is 32.2. The number of anilines is 8. The fraction of sp³-hybridized carbons (Fsp3) is 0.0588. The summed E-state index contributed by atoms with van der Waals surface area (Å²) in [4.78, 5) is 24.7. The van der Waals surface area contributed by atoms with Crippen molar-refractivity contribution in [2.45, 2.75) is 23.6 Å². The maximum Gasteiger partial charge on any atom is 0.295 e. The van der Waals surface area contributed by atoms with Gasteiger partial charge in [0.05, 0.1) is 0 Å². The van der Waals surface area contributed by atoms with Gasteiger partial charge in [0, 0.05) is 22.7 Å². The zero-order valence-corrected chi connectivity index (χ0v) is 29.1. The van der Waals surface area contributed by atoms with Gasteiger partial charge in [-0.05, 0) is 73.5 Å². The minimum absolute atomic E-state index is 0.0221. The van der Waals surface area contributed by atoms with Gasteiger partial charge in [0.2, 0.25) is 23.8 Å². The van der Waals surface area contributed by atoms with Gasteiger partial charge >= 0.3 is 0 Å². The molecular weight excluding hydrogens is 709 g/mol. The summed E-state index contributed by atoms with van der Waals surface area (Å²) in [5.74, 6) is 1.49. The standard InChI is InChI=1S/C34H30N10O6S2/c1-21-35-31(39-25-9-5-3-6-10-25)43-33(37-21)41-27-17-15-23(29(19-27)51(45,46)47)13-14-24-16-18-28(20-30(24)52(48,49)50)42-34-38-22(2)36-32(44-34)40-26-11-7-4-8-12-26/h3-20H,1-2H3,(H,45,46,47)(H,48,49,50)(H2,35,37,39,41,43)(H2,36,38,40,42,44)/b14-13+. The summed E-state index contributed by atoms with van der Waals surface area (Å²) in [7, 11) is -9.55. The predicted molar refractivity (Wildman–Crippen MR) is 197 cm³/mol. The Balaban J connectivity index is 1.25. The highest BCUT2D eigenvalue weighted by Gasteiger charge is 2.19. The van der Waals surface area contributed by atoms with Crippen LogP contribution in [-0.4, -0.2) is 55.8 Å². The lowest BCUT2D eigenvalue weighted by Crippen LogP contribution is -2.07. The number of aryl methyl sites for hydroxylation is 2. The third-order valence-corrected chi connectivity index (χ3v) is 8.91. The first-order valence-electron chi connectivity index (χ1n) is 15.3. The molecule has 264 valence electrons. The van der Waals surface area contributed by atoms with Crippen molar-refractivity contribution in [1.29, 1.82) is 0 Å². The monoisotopic (exact) mass is 738 g/mol. The largest absolute Gasteiger partial charge is 0.324 e. The van der Waals surface area contributed by atoms with E-state index in [2.05, 4.69) is 51.2 Å². The molecule has 0 saturated carbocycles. The second-order valence-electron chi connectivity index (χ2n) is 11.1. The minimum atomic E-state index is -4.78. The van der Waals surface area contributed by atoms with E-state index in [1.54, 1.807) is 13.8 Å². The Kier molecular flexibility index (Phi) is 10.1. The van der Waals surface area contributed by atoms with Crippen LogP contribution in [0, 0.1) is 13.8 Å². The smallest absolute Gasteiger partial charge is 0.295 e. The summed E-state index contributed by atoms with van der Waals surface area (Å²) in [5, 5.41) is 12.0. The van der Waals surface area contributed by atoms with Gasteiger partial charge in [-0.25, -0.2) is 0 Å². The molecule has 0 aliphatic carbocycles. The van der Waals surface area contributed by atoms with Crippen molar-refractivity contribution in [2.24, 2.45) is 0 Å². The molecule has 6 N–H and O–H groups in total. The molecule has 0 radical (unpaired) electrons. The quantitative estimate of drug-likeness (QED) is 0.0596. The Bertz CT molecular complexity index is 2330. The first kappa shape index (κ1) is 35.5. The highest BCUT2D eigenvalue weighted by Crippen LogP contribution is 2.28. The Morgan fingerprint density at radius 1 is 0.462 bits per heavy atom. The summed E-state index contributed by atoms with van der Waals surface area (Å²) in [5.41, 5.74) is 1.99. The second-order valence-corrected chi connectivity index (χ2v) is 13.9. The molecule has 2 heterocycles. The second kappa shape index (κ2) is 14.9. The van der Waals surface area contributed by atoms with E-state index in [-0.39, 0.29) is 46.3 Å². The average molecular weight is 739 g/mol. The number of rotatable bonds is 12. The molecule has 6 aromatic rings. The van der Waals surface area contributed by atoms with E-state index in [1.807, 2.05) is 60.7 Å². The number of nitrogens with zero attached hydrogens (tertiary/aromatic N) is 6. The van der Waals surface area contributed by atoms with E-state index in [9.17, 15) is 25.9 Å². The summed E-state index contributed by atoms with van der Waals surface area (Å²) in [6, 6.07) is 26.6. The van der Waals surface area contributed by atoms with Crippen molar-refractivity contribution >= 4 is 78.9 Å². The average Bonchev–Trinajstić information content (AvgIpc) is 3.07. The molecule has 52 heavy (non-hydrogen) atoms. The van der Waals surface area contributed by atoms with Crippen LogP contribution in [0.3, 0.4) is 0 Å². The molecule has 0 saturated heterocycles. The topological polar surface area (TPSA) is 234 Å². The van der Waals surface area contributed by atoms with Crippen molar-refractivity contribution in [1.82, 2.24) is 29.9 Å². The maximum absolute atomic E-state index is 12.5. The number of hydrogen-bond donors (Lipinski definition) is 6. The minimum Gasteiger partial charge on any atom is -0.324 e. The van der Waals surface area contributed by atoms with Crippen LogP contribution in [0.4, 0.5) is 46.5 Å². The lowest BCUT2D eigenvalue weighted by molar-refractivity contribution is 0.480. The van der Waals surface area contributed by atoms with E-state index in [1.165, 1.54) is 48.6 Å². The van der Waals surface area contributed by atoms with E-state index < -0.39 is 30.0 Å². The van der Waals surface area contributed by atoms with Crippen LogP contribution in [-0.2, 0) is 20.2 Å². The number of para-hydroxylation sites is 2. The Hall–Kier alpha value is -6.34. The number of benzene rings is 4. The van der Waals surface area contributed by atoms with E-state index in [4.69, 9.17) is 0 Å².